The number of amidine groups is 1. The van der Waals surface area contributed by atoms with Gasteiger partial charge in [0.15, 0.2) is 11.5 Å². The van der Waals surface area contributed by atoms with Crippen LogP contribution >= 0.6 is 0 Å². The number of hydrogen-bond acceptors (Lipinski definition) is 5. The summed E-state index contributed by atoms with van der Waals surface area (Å²) in [6.45, 7) is 2.04. The third-order valence-electron chi connectivity index (χ3n) is 3.01. The third kappa shape index (κ3) is 2.30. The minimum Gasteiger partial charge on any atom is -0.493 e. The molecule has 0 aromatic heterocycles. The lowest BCUT2D eigenvalue weighted by Crippen LogP contribution is -2.26. The predicted octanol–water partition coefficient (Wildman–Crippen LogP) is 1.80. The predicted molar refractivity (Wildman–Crippen MR) is 71.5 cm³/mol. The summed E-state index contributed by atoms with van der Waals surface area (Å²) < 4.78 is 10.5. The first-order chi connectivity index (χ1) is 8.65. The zero-order valence-corrected chi connectivity index (χ0v) is 10.8. The van der Waals surface area contributed by atoms with Crippen LogP contribution in [0.3, 0.4) is 0 Å². The van der Waals surface area contributed by atoms with Crippen LogP contribution in [0, 0.1) is 5.92 Å². The van der Waals surface area contributed by atoms with Gasteiger partial charge in [0.05, 0.1) is 19.9 Å². The lowest BCUT2D eigenvalue weighted by atomic mass is 9.97. The van der Waals surface area contributed by atoms with Gasteiger partial charge in [0.25, 0.3) is 0 Å². The number of hydrogen-bond donors (Lipinski definition) is 1. The largest absolute Gasteiger partial charge is 0.493 e. The first kappa shape index (κ1) is 12.4. The van der Waals surface area contributed by atoms with Crippen LogP contribution in [0.15, 0.2) is 28.4 Å². The highest BCUT2D eigenvalue weighted by atomic mass is 16.5. The zero-order valence-electron chi connectivity index (χ0n) is 10.8. The van der Waals surface area contributed by atoms with E-state index in [2.05, 4.69) is 10.2 Å². The Balaban J connectivity index is 2.35. The van der Waals surface area contributed by atoms with Gasteiger partial charge in [-0.3, -0.25) is 0 Å². The lowest BCUT2D eigenvalue weighted by Gasteiger charge is -2.17. The van der Waals surface area contributed by atoms with E-state index in [1.807, 2.05) is 25.1 Å². The molecule has 5 nitrogen and oxygen atoms in total. The van der Waals surface area contributed by atoms with Gasteiger partial charge in [0.1, 0.15) is 5.84 Å². The van der Waals surface area contributed by atoms with Crippen molar-refractivity contribution in [2.24, 2.45) is 21.9 Å². The number of rotatable bonds is 3. The molecular weight excluding hydrogens is 230 g/mol. The van der Waals surface area contributed by atoms with Gasteiger partial charge in [-0.1, -0.05) is 6.92 Å². The standard InChI is InChI=1S/C13H17N3O2/c1-8-6-10(15-16-13(8)14)9-4-5-11(17-2)12(7-9)18-3/h4-5,7-8H,6H2,1-3H3,(H2,14,16). The SMILES string of the molecule is COc1ccc(C2=NN=C(N)C(C)C2)cc1OC. The molecule has 2 N–H and O–H groups in total. The fourth-order valence-electron chi connectivity index (χ4n) is 1.84. The molecule has 1 atom stereocenters. The minimum atomic E-state index is 0.214. The number of benzene rings is 1. The Morgan fingerprint density at radius 2 is 1.89 bits per heavy atom. The normalized spacial score (nSPS) is 18.9. The molecule has 1 aromatic carbocycles. The Hall–Kier alpha value is -2.04. The molecule has 18 heavy (non-hydrogen) atoms. The quantitative estimate of drug-likeness (QED) is 0.885. The highest BCUT2D eigenvalue weighted by molar-refractivity contribution is 6.05. The Morgan fingerprint density at radius 1 is 1.17 bits per heavy atom. The van der Waals surface area contributed by atoms with Crippen LogP contribution in [0.2, 0.25) is 0 Å². The molecule has 0 radical (unpaired) electrons. The van der Waals surface area contributed by atoms with Gasteiger partial charge in [-0.2, -0.15) is 5.10 Å². The van der Waals surface area contributed by atoms with Crippen LogP contribution in [-0.4, -0.2) is 25.8 Å². The van der Waals surface area contributed by atoms with Crippen molar-refractivity contribution < 1.29 is 9.47 Å². The molecule has 0 bridgehead atoms. The second kappa shape index (κ2) is 5.08. The molecular formula is C13H17N3O2. The summed E-state index contributed by atoms with van der Waals surface area (Å²) >= 11 is 0. The molecule has 1 aliphatic rings. The first-order valence-electron chi connectivity index (χ1n) is 5.78. The zero-order chi connectivity index (χ0) is 13.1. The van der Waals surface area contributed by atoms with Crippen LogP contribution < -0.4 is 15.2 Å². The van der Waals surface area contributed by atoms with Crippen molar-refractivity contribution in [3.63, 3.8) is 0 Å². The average Bonchev–Trinajstić information content (AvgIpc) is 2.41. The van der Waals surface area contributed by atoms with Crippen molar-refractivity contribution in [1.29, 1.82) is 0 Å². The van der Waals surface area contributed by atoms with Crippen molar-refractivity contribution in [3.8, 4) is 11.5 Å². The van der Waals surface area contributed by atoms with Crippen molar-refractivity contribution in [2.75, 3.05) is 14.2 Å². The van der Waals surface area contributed by atoms with Gasteiger partial charge in [0, 0.05) is 17.9 Å². The van der Waals surface area contributed by atoms with E-state index in [-0.39, 0.29) is 5.92 Å². The van der Waals surface area contributed by atoms with Crippen LogP contribution in [0.5, 0.6) is 11.5 Å². The van der Waals surface area contributed by atoms with Crippen LogP contribution in [0.4, 0.5) is 0 Å². The second-order valence-electron chi connectivity index (χ2n) is 4.25. The summed E-state index contributed by atoms with van der Waals surface area (Å²) in [5.74, 6) is 2.19. The van der Waals surface area contributed by atoms with Crippen molar-refractivity contribution in [1.82, 2.24) is 0 Å². The molecule has 1 aromatic rings. The topological polar surface area (TPSA) is 69.2 Å². The van der Waals surface area contributed by atoms with Gasteiger partial charge in [0.2, 0.25) is 0 Å². The molecule has 0 saturated heterocycles. The molecule has 5 heteroatoms. The molecule has 96 valence electrons. The molecule has 0 fully saturated rings. The summed E-state index contributed by atoms with van der Waals surface area (Å²) in [6, 6.07) is 5.72. The Bertz CT molecular complexity index is 509. The lowest BCUT2D eigenvalue weighted by molar-refractivity contribution is 0.355. The van der Waals surface area contributed by atoms with Gasteiger partial charge in [-0.15, -0.1) is 5.10 Å². The third-order valence-corrected chi connectivity index (χ3v) is 3.01. The summed E-state index contributed by atoms with van der Waals surface area (Å²) in [6.07, 6.45) is 0.783. The number of nitrogens with zero attached hydrogens (tertiary/aromatic N) is 2. The molecule has 2 rings (SSSR count). The van der Waals surface area contributed by atoms with Crippen molar-refractivity contribution in [3.05, 3.63) is 23.8 Å². The molecule has 0 saturated carbocycles. The summed E-state index contributed by atoms with van der Waals surface area (Å²) in [5, 5.41) is 8.12. The number of ether oxygens (including phenoxy) is 2. The van der Waals surface area contributed by atoms with E-state index < -0.39 is 0 Å². The molecule has 0 spiro atoms. The summed E-state index contributed by atoms with van der Waals surface area (Å²) in [4.78, 5) is 0. The van der Waals surface area contributed by atoms with Crippen molar-refractivity contribution in [2.45, 2.75) is 13.3 Å². The van der Waals surface area contributed by atoms with Crippen LogP contribution in [0.1, 0.15) is 18.9 Å². The molecule has 1 unspecified atom stereocenters. The van der Waals surface area contributed by atoms with Gasteiger partial charge >= 0.3 is 0 Å². The fraction of sp³-hybridized carbons (Fsp3) is 0.385. The maximum Gasteiger partial charge on any atom is 0.161 e. The molecule has 0 aliphatic carbocycles. The van der Waals surface area contributed by atoms with E-state index in [4.69, 9.17) is 15.2 Å². The van der Waals surface area contributed by atoms with E-state index in [1.165, 1.54) is 0 Å². The fourth-order valence-corrected chi connectivity index (χ4v) is 1.84. The smallest absolute Gasteiger partial charge is 0.161 e. The first-order valence-corrected chi connectivity index (χ1v) is 5.78. The highest BCUT2D eigenvalue weighted by Gasteiger charge is 2.18. The van der Waals surface area contributed by atoms with E-state index in [0.29, 0.717) is 17.3 Å². The molecule has 1 heterocycles. The minimum absolute atomic E-state index is 0.214. The average molecular weight is 247 g/mol. The van der Waals surface area contributed by atoms with Gasteiger partial charge in [-0.05, 0) is 18.2 Å². The monoisotopic (exact) mass is 247 g/mol. The second-order valence-corrected chi connectivity index (χ2v) is 4.25. The number of methoxy groups -OCH3 is 2. The molecule has 0 amide bonds. The van der Waals surface area contributed by atoms with Gasteiger partial charge in [-0.25, -0.2) is 0 Å². The van der Waals surface area contributed by atoms with Crippen LogP contribution in [-0.2, 0) is 0 Å². The highest BCUT2D eigenvalue weighted by Crippen LogP contribution is 2.29. The van der Waals surface area contributed by atoms with E-state index in [1.54, 1.807) is 14.2 Å². The van der Waals surface area contributed by atoms with E-state index in [9.17, 15) is 0 Å². The maximum atomic E-state index is 5.72. The van der Waals surface area contributed by atoms with E-state index in [0.717, 1.165) is 17.7 Å². The Labute approximate surface area is 106 Å². The maximum absolute atomic E-state index is 5.72. The molecule has 1 aliphatic heterocycles. The Morgan fingerprint density at radius 3 is 2.50 bits per heavy atom. The summed E-state index contributed by atoms with van der Waals surface area (Å²) in [5.41, 5.74) is 7.62. The Kier molecular flexibility index (Phi) is 3.50. The summed E-state index contributed by atoms with van der Waals surface area (Å²) in [7, 11) is 3.23. The number of nitrogens with two attached hydrogens (primary N) is 1. The van der Waals surface area contributed by atoms with Gasteiger partial charge < -0.3 is 15.2 Å². The van der Waals surface area contributed by atoms with E-state index >= 15 is 0 Å². The van der Waals surface area contributed by atoms with Crippen molar-refractivity contribution >= 4 is 11.5 Å². The van der Waals surface area contributed by atoms with Crippen LogP contribution in [0.25, 0.3) is 0 Å².